The van der Waals surface area contributed by atoms with Crippen LogP contribution in [0.5, 0.6) is 0 Å². The van der Waals surface area contributed by atoms with Crippen molar-refractivity contribution >= 4 is 71.4 Å². The van der Waals surface area contributed by atoms with E-state index in [9.17, 15) is 0 Å². The Labute approximate surface area is 317 Å². The largest absolute Gasteiger partial charge is 0.498 e. The molecular weight excluding hydrogens is 671 g/mol. The number of hydrogen-bond donors (Lipinski definition) is 0. The van der Waals surface area contributed by atoms with Gasteiger partial charge in [0.2, 0.25) is 0 Å². The third-order valence-corrected chi connectivity index (χ3v) is 11.4. The molecule has 0 N–H and O–H groups in total. The van der Waals surface area contributed by atoms with Gasteiger partial charge in [-0.3, -0.25) is 0 Å². The Balaban J connectivity index is 1.13. The monoisotopic (exact) mass is 703 g/mol. The Hall–Kier alpha value is -7.37. The molecule has 0 spiro atoms. The third kappa shape index (κ3) is 4.38. The van der Waals surface area contributed by atoms with Gasteiger partial charge in [-0.2, -0.15) is 4.57 Å². The van der Waals surface area contributed by atoms with E-state index in [0.29, 0.717) is 6.54 Å². The van der Waals surface area contributed by atoms with Crippen LogP contribution in [0.2, 0.25) is 0 Å². The Morgan fingerprint density at radius 1 is 0.455 bits per heavy atom. The van der Waals surface area contributed by atoms with Gasteiger partial charge in [-0.25, -0.2) is 0 Å². The van der Waals surface area contributed by atoms with Gasteiger partial charge in [0, 0.05) is 38.7 Å². The van der Waals surface area contributed by atoms with Gasteiger partial charge in [0.25, 0.3) is 5.82 Å². The van der Waals surface area contributed by atoms with Crippen LogP contribution in [-0.4, -0.2) is 9.13 Å². The molecule has 5 nitrogen and oxygen atoms in total. The van der Waals surface area contributed by atoms with E-state index in [1.54, 1.807) is 0 Å². The second-order valence-electron chi connectivity index (χ2n) is 14.5. The summed E-state index contributed by atoms with van der Waals surface area (Å²) in [5.41, 5.74) is 12.7. The van der Waals surface area contributed by atoms with Gasteiger partial charge < -0.3 is 19.2 Å². The molecule has 4 heterocycles. The van der Waals surface area contributed by atoms with Gasteiger partial charge >= 0.3 is 0 Å². The summed E-state index contributed by atoms with van der Waals surface area (Å²) in [6.07, 6.45) is 0. The molecule has 5 heteroatoms. The smallest absolute Gasteiger partial charge is 0.272 e. The van der Waals surface area contributed by atoms with Gasteiger partial charge in [-0.05, 0) is 65.0 Å². The van der Waals surface area contributed by atoms with Crippen molar-refractivity contribution in [1.29, 1.82) is 0 Å². The maximum atomic E-state index is 5.24. The fourth-order valence-corrected chi connectivity index (χ4v) is 9.04. The topological polar surface area (TPSA) is 31.1 Å². The zero-order valence-corrected chi connectivity index (χ0v) is 29.8. The van der Waals surface area contributed by atoms with E-state index in [4.69, 9.17) is 5.10 Å². The zero-order valence-electron chi connectivity index (χ0n) is 29.8. The fourth-order valence-electron chi connectivity index (χ4n) is 9.04. The Bertz CT molecular complexity index is 3290. The molecule has 8 aromatic carbocycles. The molecule has 11 aromatic rings. The molecule has 1 aliphatic rings. The summed E-state index contributed by atoms with van der Waals surface area (Å²) in [7, 11) is 0. The number of fused-ring (bicyclic) bond motifs is 10. The molecule has 55 heavy (non-hydrogen) atoms. The molecule has 0 saturated heterocycles. The predicted molar refractivity (Wildman–Crippen MR) is 225 cm³/mol. The molecule has 0 atom stereocenters. The molecule has 0 radical (unpaired) electrons. The lowest BCUT2D eigenvalue weighted by molar-refractivity contribution is -0.740. The Kier molecular flexibility index (Phi) is 6.33. The molecule has 258 valence electrons. The minimum absolute atomic E-state index is 0.657. The van der Waals surface area contributed by atoms with Crippen LogP contribution in [0.4, 0.5) is 17.1 Å². The number of aromatic nitrogens is 4. The van der Waals surface area contributed by atoms with Crippen LogP contribution in [0.1, 0.15) is 5.56 Å². The number of rotatable bonds is 5. The summed E-state index contributed by atoms with van der Waals surface area (Å²) in [5, 5.41) is 12.6. The van der Waals surface area contributed by atoms with Crippen molar-refractivity contribution < 1.29 is 4.68 Å². The second kappa shape index (κ2) is 11.6. The maximum Gasteiger partial charge on any atom is 0.272 e. The van der Waals surface area contributed by atoms with Crippen molar-refractivity contribution in [2.75, 3.05) is 4.90 Å². The number of nitrogens with zero attached hydrogens (tertiary/aromatic N) is 5. The normalized spacial score (nSPS) is 12.4. The van der Waals surface area contributed by atoms with E-state index >= 15 is 0 Å². The van der Waals surface area contributed by atoms with E-state index in [1.807, 2.05) is 0 Å². The molecule has 0 fully saturated rings. The first kappa shape index (κ1) is 30.1. The van der Waals surface area contributed by atoms with E-state index < -0.39 is 0 Å². The number of anilines is 3. The van der Waals surface area contributed by atoms with E-state index in [2.05, 4.69) is 207 Å². The van der Waals surface area contributed by atoms with Gasteiger partial charge in [0.05, 0.1) is 28.1 Å². The van der Waals surface area contributed by atoms with Crippen LogP contribution in [-0.2, 0) is 6.54 Å². The summed E-state index contributed by atoms with van der Waals surface area (Å²) in [5.74, 6) is 1.03. The van der Waals surface area contributed by atoms with Crippen molar-refractivity contribution in [3.63, 3.8) is 0 Å². The van der Waals surface area contributed by atoms with Crippen LogP contribution in [0.15, 0.2) is 188 Å². The van der Waals surface area contributed by atoms with Crippen LogP contribution < -0.4 is 14.7 Å². The van der Waals surface area contributed by atoms with Crippen molar-refractivity contribution in [3.8, 4) is 22.8 Å². The molecule has 0 unspecified atom stereocenters. The van der Waals surface area contributed by atoms with Crippen molar-refractivity contribution in [3.05, 3.63) is 194 Å². The lowest BCUT2D eigenvalue weighted by atomic mass is 10.0. The number of benzene rings is 8. The van der Waals surface area contributed by atoms with Crippen LogP contribution in [0.25, 0.3) is 77.1 Å². The molecule has 0 amide bonds. The van der Waals surface area contributed by atoms with Gasteiger partial charge in [-0.15, -0.1) is 0 Å². The van der Waals surface area contributed by atoms with Crippen molar-refractivity contribution in [1.82, 2.24) is 14.2 Å². The highest BCUT2D eigenvalue weighted by Gasteiger charge is 2.31. The first-order valence-electron chi connectivity index (χ1n) is 18.9. The summed E-state index contributed by atoms with van der Waals surface area (Å²) >= 11 is 0. The van der Waals surface area contributed by atoms with E-state index in [0.717, 1.165) is 33.8 Å². The molecule has 3 aromatic heterocycles. The minimum atomic E-state index is 0.657. The molecule has 1 aliphatic heterocycles. The lowest BCUT2D eigenvalue weighted by Gasteiger charge is -2.34. The average Bonchev–Trinajstić information content (AvgIpc) is 3.92. The highest BCUT2D eigenvalue weighted by molar-refractivity contribution is 6.19. The maximum absolute atomic E-state index is 5.24. The van der Waals surface area contributed by atoms with Gasteiger partial charge in [0.1, 0.15) is 17.6 Å². The van der Waals surface area contributed by atoms with Crippen LogP contribution in [0.3, 0.4) is 0 Å². The van der Waals surface area contributed by atoms with Crippen molar-refractivity contribution in [2.45, 2.75) is 6.54 Å². The van der Waals surface area contributed by atoms with Crippen LogP contribution in [0, 0.1) is 0 Å². The first-order valence-corrected chi connectivity index (χ1v) is 18.9. The quantitative estimate of drug-likeness (QED) is 0.167. The van der Waals surface area contributed by atoms with E-state index in [1.165, 1.54) is 66.0 Å². The summed E-state index contributed by atoms with van der Waals surface area (Å²) < 4.78 is 7.03. The molecule has 0 saturated carbocycles. The highest BCUT2D eigenvalue weighted by Crippen LogP contribution is 2.52. The lowest BCUT2D eigenvalue weighted by Crippen LogP contribution is -2.41. The minimum Gasteiger partial charge on any atom is -0.498 e. The van der Waals surface area contributed by atoms with Crippen molar-refractivity contribution in [2.24, 2.45) is 0 Å². The molecule has 0 bridgehead atoms. The zero-order chi connectivity index (χ0) is 36.0. The van der Waals surface area contributed by atoms with Gasteiger partial charge in [0.15, 0.2) is 0 Å². The second-order valence-corrected chi connectivity index (χ2v) is 14.5. The predicted octanol–water partition coefficient (Wildman–Crippen LogP) is 11.8. The Morgan fingerprint density at radius 3 is 1.93 bits per heavy atom. The highest BCUT2D eigenvalue weighted by atomic mass is 15.3. The SMILES string of the molecule is c1ccc(C[n+]2[n-]c(-c3ccccc3)cc2-n2c3ccccc3c3cc(N4c5c(ccc6ccccc56)-n5c6ccccc6c6cccc4c65)ccc32)cc1. The summed E-state index contributed by atoms with van der Waals surface area (Å²) in [6, 6.07) is 68.0. The average molecular weight is 704 g/mol. The number of para-hydroxylation sites is 3. The standard InChI is InChI=1S/C50H33N5/c1-3-14-33(15-4-1)32-52-48(31-42(51-52)35-17-5-2-6-18-35)54-43-23-11-10-21-39(43)41-30-36(27-29-45(41)54)53-46-25-13-22-40-38-20-9-12-24-44(38)55(50(40)46)47-28-26-34-16-7-8-19-37(34)49(47)53/h1-31H,32H2. The third-order valence-electron chi connectivity index (χ3n) is 11.4. The Morgan fingerprint density at radius 2 is 1.11 bits per heavy atom. The summed E-state index contributed by atoms with van der Waals surface area (Å²) in [4.78, 5) is 2.50. The fraction of sp³-hybridized carbons (Fsp3) is 0.0200. The van der Waals surface area contributed by atoms with Crippen LogP contribution >= 0.6 is 0 Å². The molecular formula is C50H33N5. The molecule has 12 rings (SSSR count). The van der Waals surface area contributed by atoms with Gasteiger partial charge in [-0.1, -0.05) is 139 Å². The molecule has 0 aliphatic carbocycles. The first-order chi connectivity index (χ1) is 27.3. The summed E-state index contributed by atoms with van der Waals surface area (Å²) in [6.45, 7) is 0.657. The van der Waals surface area contributed by atoms with E-state index in [-0.39, 0.29) is 0 Å². The number of hydrogen-bond acceptors (Lipinski definition) is 1.